The molecule has 0 atom stereocenters. The van der Waals surface area contributed by atoms with Crippen LogP contribution in [0.3, 0.4) is 0 Å². The quantitative estimate of drug-likeness (QED) is 0.179. The molecule has 2 heterocycles. The molecule has 0 aliphatic carbocycles. The Labute approximate surface area is 190 Å². The van der Waals surface area contributed by atoms with Crippen molar-refractivity contribution < 1.29 is 4.79 Å². The minimum absolute atomic E-state index is 0.0967. The van der Waals surface area contributed by atoms with Gasteiger partial charge in [0.2, 0.25) is 0 Å². The molecule has 0 unspecified atom stereocenters. The van der Waals surface area contributed by atoms with Crippen LogP contribution in [0.1, 0.15) is 15.9 Å². The molecule has 3 aromatic carbocycles. The van der Waals surface area contributed by atoms with Crippen LogP contribution in [-0.2, 0) is 0 Å². The van der Waals surface area contributed by atoms with Crippen molar-refractivity contribution in [2.45, 2.75) is 0 Å². The number of anilines is 1. The number of carbonyl (C=O) groups is 1. The van der Waals surface area contributed by atoms with Crippen LogP contribution in [0.5, 0.6) is 0 Å². The first-order valence-electron chi connectivity index (χ1n) is 7.42. The molecule has 1 amide bonds. The fourth-order valence-electron chi connectivity index (χ4n) is 3.43. The molecule has 0 saturated carbocycles. The van der Waals surface area contributed by atoms with Gasteiger partial charge >= 0.3 is 0 Å². The molecule has 0 radical (unpaired) electrons. The number of rotatable bonds is 0. The summed E-state index contributed by atoms with van der Waals surface area (Å²) in [5, 5.41) is 2.02. The number of amidine groups is 1. The van der Waals surface area contributed by atoms with Gasteiger partial charge in [-0.15, -0.1) is 0 Å². The van der Waals surface area contributed by atoms with E-state index >= 15 is 0 Å². The number of aliphatic imine (C=N–C) groups is 1. The summed E-state index contributed by atoms with van der Waals surface area (Å²) in [4.78, 5) is 19.9. The van der Waals surface area contributed by atoms with Gasteiger partial charge in [-0.1, -0.05) is 28.1 Å². The fraction of sp³-hybridized carbons (Fsp3) is 0. The summed E-state index contributed by atoms with van der Waals surface area (Å²) < 4.78 is 4.08. The number of halogens is 5. The molecule has 26 heavy (non-hydrogen) atoms. The number of fused-ring (bicyclic) bond motifs is 4. The van der Waals surface area contributed by atoms with Crippen LogP contribution < -0.4 is 4.90 Å². The van der Waals surface area contributed by atoms with Gasteiger partial charge in [-0.05, 0) is 87.3 Å². The van der Waals surface area contributed by atoms with E-state index in [1.54, 1.807) is 4.90 Å². The summed E-state index contributed by atoms with van der Waals surface area (Å²) in [6.45, 7) is 0. The van der Waals surface area contributed by atoms with Gasteiger partial charge in [-0.25, -0.2) is 4.99 Å². The first-order chi connectivity index (χ1) is 12.4. The maximum Gasteiger partial charge on any atom is 0.266 e. The number of hydrogen-bond acceptors (Lipinski definition) is 2. The molecule has 0 aromatic heterocycles. The van der Waals surface area contributed by atoms with Crippen molar-refractivity contribution in [1.29, 1.82) is 0 Å². The second kappa shape index (κ2) is 5.98. The summed E-state index contributed by atoms with van der Waals surface area (Å²) in [6.07, 6.45) is 0. The van der Waals surface area contributed by atoms with Crippen LogP contribution in [0.15, 0.2) is 57.7 Å². The van der Waals surface area contributed by atoms with Crippen molar-refractivity contribution in [1.82, 2.24) is 0 Å². The van der Waals surface area contributed by atoms with E-state index in [2.05, 4.69) is 79.6 Å². The molecule has 0 saturated heterocycles. The molecule has 0 fully saturated rings. The maximum absolute atomic E-state index is 13.3. The van der Waals surface area contributed by atoms with Crippen LogP contribution in [0.25, 0.3) is 10.8 Å². The van der Waals surface area contributed by atoms with Gasteiger partial charge in [0.05, 0.1) is 16.9 Å². The molecule has 8 heteroatoms. The number of nitrogens with zero attached hydrogens (tertiary/aromatic N) is 2. The van der Waals surface area contributed by atoms with Gasteiger partial charge in [-0.3, -0.25) is 9.69 Å². The first kappa shape index (κ1) is 17.6. The maximum atomic E-state index is 13.3. The zero-order valence-corrected chi connectivity index (χ0v) is 20.5. The molecule has 3 aromatic rings. The highest BCUT2D eigenvalue weighted by Crippen LogP contribution is 2.50. The van der Waals surface area contributed by atoms with E-state index in [1.807, 2.05) is 30.3 Å². The molecule has 0 spiro atoms. The van der Waals surface area contributed by atoms with Crippen LogP contribution in [0.2, 0.25) is 0 Å². The number of benzene rings is 3. The molecule has 0 bridgehead atoms. The average Bonchev–Trinajstić information content (AvgIpc) is 2.90. The monoisotopic (exact) mass is 660 g/mol. The second-order valence-electron chi connectivity index (χ2n) is 5.88. The summed E-state index contributed by atoms with van der Waals surface area (Å²) >= 11 is 17.9. The first-order valence-corrected chi connectivity index (χ1v) is 11.4. The highest BCUT2D eigenvalue weighted by atomic mass is 79.9. The molecule has 5 rings (SSSR count). The van der Waals surface area contributed by atoms with E-state index in [-0.39, 0.29) is 5.91 Å². The van der Waals surface area contributed by atoms with Crippen molar-refractivity contribution in [2.75, 3.05) is 4.90 Å². The largest absolute Gasteiger partial charge is 0.268 e. The Kier molecular flexibility index (Phi) is 4.03. The van der Waals surface area contributed by atoms with Gasteiger partial charge in [0.25, 0.3) is 5.91 Å². The molecule has 2 aliphatic rings. The Balaban J connectivity index is 1.94. The Morgan fingerprint density at radius 2 is 1.54 bits per heavy atom. The van der Waals surface area contributed by atoms with E-state index in [0.29, 0.717) is 15.9 Å². The van der Waals surface area contributed by atoms with E-state index in [4.69, 9.17) is 4.99 Å². The van der Waals surface area contributed by atoms with Gasteiger partial charge in [0.15, 0.2) is 0 Å². The highest BCUT2D eigenvalue weighted by molar-refractivity contribution is 9.15. The Bertz CT molecular complexity index is 1220. The third-order valence-corrected chi connectivity index (χ3v) is 9.71. The molecule has 2 aliphatic heterocycles. The van der Waals surface area contributed by atoms with E-state index in [1.165, 1.54) is 0 Å². The predicted molar refractivity (Wildman–Crippen MR) is 122 cm³/mol. The number of hydrogen-bond donors (Lipinski definition) is 0. The summed E-state index contributed by atoms with van der Waals surface area (Å²) in [7, 11) is 0. The van der Waals surface area contributed by atoms with Crippen molar-refractivity contribution in [3.8, 4) is 0 Å². The van der Waals surface area contributed by atoms with Crippen LogP contribution in [0, 0.1) is 0 Å². The third kappa shape index (κ3) is 2.19. The van der Waals surface area contributed by atoms with Crippen molar-refractivity contribution >= 4 is 114 Å². The van der Waals surface area contributed by atoms with Gasteiger partial charge in [0, 0.05) is 33.3 Å². The van der Waals surface area contributed by atoms with Crippen LogP contribution in [0.4, 0.5) is 11.4 Å². The third-order valence-electron chi connectivity index (χ3n) is 4.49. The summed E-state index contributed by atoms with van der Waals surface area (Å²) in [5.41, 5.74) is 3.07. The lowest BCUT2D eigenvalue weighted by molar-refractivity contribution is 0.101. The van der Waals surface area contributed by atoms with Crippen molar-refractivity contribution in [2.24, 2.45) is 4.99 Å². The lowest BCUT2D eigenvalue weighted by atomic mass is 10.0. The van der Waals surface area contributed by atoms with Gasteiger partial charge in [0.1, 0.15) is 5.84 Å². The predicted octanol–water partition coefficient (Wildman–Crippen LogP) is 7.70. The molecule has 0 N–H and O–H groups in total. The van der Waals surface area contributed by atoms with Crippen LogP contribution >= 0.6 is 79.6 Å². The zero-order chi connectivity index (χ0) is 18.3. The number of amides is 1. The van der Waals surface area contributed by atoms with Crippen molar-refractivity contribution in [3.63, 3.8) is 0 Å². The number of carbonyl (C=O) groups excluding carboxylic acids is 1. The SMILES string of the molecule is O=C1c2c(Br)c(Br)c(Br)c(Br)c2C2=Nc3cc(Br)cc4cccc(c34)N12. The van der Waals surface area contributed by atoms with Crippen molar-refractivity contribution in [3.05, 3.63) is 63.8 Å². The topological polar surface area (TPSA) is 32.7 Å². The minimum Gasteiger partial charge on any atom is -0.268 e. The summed E-state index contributed by atoms with van der Waals surface area (Å²) in [6, 6.07) is 9.97. The minimum atomic E-state index is -0.0967. The van der Waals surface area contributed by atoms with E-state index in [9.17, 15) is 4.79 Å². The van der Waals surface area contributed by atoms with E-state index in [0.717, 1.165) is 45.6 Å². The molecule has 128 valence electrons. The van der Waals surface area contributed by atoms with Gasteiger partial charge in [-0.2, -0.15) is 0 Å². The second-order valence-corrected chi connectivity index (χ2v) is 9.97. The smallest absolute Gasteiger partial charge is 0.266 e. The fourth-order valence-corrected chi connectivity index (χ4v) is 6.36. The zero-order valence-electron chi connectivity index (χ0n) is 12.6. The molecular weight excluding hydrogens is 660 g/mol. The summed E-state index contributed by atoms with van der Waals surface area (Å²) in [5.74, 6) is 0.532. The lowest BCUT2D eigenvalue weighted by Gasteiger charge is -2.24. The van der Waals surface area contributed by atoms with E-state index < -0.39 is 0 Å². The lowest BCUT2D eigenvalue weighted by Crippen LogP contribution is -2.31. The Morgan fingerprint density at radius 3 is 2.27 bits per heavy atom. The normalized spacial score (nSPS) is 14.6. The Morgan fingerprint density at radius 1 is 0.846 bits per heavy atom. The average molecular weight is 665 g/mol. The van der Waals surface area contributed by atoms with Crippen LogP contribution in [-0.4, -0.2) is 11.7 Å². The van der Waals surface area contributed by atoms with Gasteiger partial charge < -0.3 is 0 Å². The molecule has 3 nitrogen and oxygen atoms in total. The standard InChI is InChI=1S/C18H5Br5N2O/c19-7-4-6-2-1-3-9-10(6)8(5-7)24-17-11-12(18(26)25(9)17)14(21)16(23)15(22)13(11)20/h1-5H. The Hall–Kier alpha value is -0.540. The molecular formula is C18H5Br5N2O. The highest BCUT2D eigenvalue weighted by Gasteiger charge is 2.42.